The van der Waals surface area contributed by atoms with Crippen LogP contribution in [0.1, 0.15) is 29.7 Å². The van der Waals surface area contributed by atoms with Gasteiger partial charge in [0.1, 0.15) is 5.75 Å². The molecule has 0 fully saturated rings. The molecule has 0 amide bonds. The highest BCUT2D eigenvalue weighted by atomic mass is 79.9. The second-order valence-corrected chi connectivity index (χ2v) is 5.89. The number of hydrogen-bond acceptors (Lipinski definition) is 2. The van der Waals surface area contributed by atoms with Crippen LogP contribution in [0.4, 0.5) is 0 Å². The zero-order valence-electron chi connectivity index (χ0n) is 12.1. The number of ether oxygens (including phenoxy) is 1. The molecule has 2 aromatic rings. The predicted octanol–water partition coefficient (Wildman–Crippen LogP) is 4.62. The summed E-state index contributed by atoms with van der Waals surface area (Å²) in [5.74, 6) is 0.935. The van der Waals surface area contributed by atoms with Gasteiger partial charge in [-0.2, -0.15) is 0 Å². The summed E-state index contributed by atoms with van der Waals surface area (Å²) >= 11 is 3.51. The van der Waals surface area contributed by atoms with Crippen LogP contribution in [0.2, 0.25) is 0 Å². The number of halogens is 1. The molecule has 2 nitrogen and oxygen atoms in total. The summed E-state index contributed by atoms with van der Waals surface area (Å²) in [4.78, 5) is 0. The minimum absolute atomic E-state index is 0.290. The SMILES string of the molecule is COc1ccc(C)cc1CN[C@@H](C)c1cccc(Br)c1. The molecule has 2 rings (SSSR count). The van der Waals surface area contributed by atoms with Gasteiger partial charge >= 0.3 is 0 Å². The van der Waals surface area contributed by atoms with E-state index in [-0.39, 0.29) is 6.04 Å². The second kappa shape index (κ2) is 6.91. The minimum atomic E-state index is 0.290. The van der Waals surface area contributed by atoms with Crippen molar-refractivity contribution in [3.63, 3.8) is 0 Å². The highest BCUT2D eigenvalue weighted by molar-refractivity contribution is 9.10. The van der Waals surface area contributed by atoms with Crippen molar-refractivity contribution in [1.82, 2.24) is 5.32 Å². The Balaban J connectivity index is 2.06. The Kier molecular flexibility index (Phi) is 5.21. The molecular weight excluding hydrogens is 314 g/mol. The topological polar surface area (TPSA) is 21.3 Å². The highest BCUT2D eigenvalue weighted by Gasteiger charge is 2.08. The molecule has 1 atom stereocenters. The molecule has 0 heterocycles. The van der Waals surface area contributed by atoms with Gasteiger partial charge in [-0.1, -0.05) is 45.8 Å². The molecule has 0 bridgehead atoms. The van der Waals surface area contributed by atoms with Crippen molar-refractivity contribution in [3.05, 3.63) is 63.6 Å². The second-order valence-electron chi connectivity index (χ2n) is 4.97. The zero-order chi connectivity index (χ0) is 14.5. The van der Waals surface area contributed by atoms with Crippen LogP contribution in [0, 0.1) is 6.92 Å². The average Bonchev–Trinajstić information content (AvgIpc) is 2.45. The molecule has 3 heteroatoms. The fourth-order valence-electron chi connectivity index (χ4n) is 2.20. The zero-order valence-corrected chi connectivity index (χ0v) is 13.7. The fourth-order valence-corrected chi connectivity index (χ4v) is 2.62. The third-order valence-electron chi connectivity index (χ3n) is 3.38. The van der Waals surface area contributed by atoms with Gasteiger partial charge in [-0.25, -0.2) is 0 Å². The van der Waals surface area contributed by atoms with Gasteiger partial charge in [-0.15, -0.1) is 0 Å². The lowest BCUT2D eigenvalue weighted by Crippen LogP contribution is -2.18. The van der Waals surface area contributed by atoms with Crippen LogP contribution in [0.15, 0.2) is 46.9 Å². The van der Waals surface area contributed by atoms with Gasteiger partial charge in [0.15, 0.2) is 0 Å². The molecule has 0 aliphatic heterocycles. The Morgan fingerprint density at radius 3 is 2.70 bits per heavy atom. The quantitative estimate of drug-likeness (QED) is 0.862. The maximum atomic E-state index is 5.41. The Morgan fingerprint density at radius 1 is 1.20 bits per heavy atom. The Morgan fingerprint density at radius 2 is 2.00 bits per heavy atom. The van der Waals surface area contributed by atoms with E-state index in [9.17, 15) is 0 Å². The Hall–Kier alpha value is -1.32. The van der Waals surface area contributed by atoms with Gasteiger partial charge in [0.25, 0.3) is 0 Å². The summed E-state index contributed by atoms with van der Waals surface area (Å²) in [6, 6.07) is 14.9. The van der Waals surface area contributed by atoms with Gasteiger partial charge < -0.3 is 10.1 Å². The van der Waals surface area contributed by atoms with E-state index in [1.807, 2.05) is 12.1 Å². The molecule has 0 aliphatic rings. The van der Waals surface area contributed by atoms with Crippen molar-refractivity contribution < 1.29 is 4.74 Å². The lowest BCUT2D eigenvalue weighted by molar-refractivity contribution is 0.406. The molecule has 0 unspecified atom stereocenters. The summed E-state index contributed by atoms with van der Waals surface area (Å²) in [5.41, 5.74) is 3.71. The standard InChI is InChI=1S/C17H20BrNO/c1-12-7-8-17(20-3)15(9-12)11-19-13(2)14-5-4-6-16(18)10-14/h4-10,13,19H,11H2,1-3H3/t13-/m0/s1. The van der Waals surface area contributed by atoms with Crippen molar-refractivity contribution in [2.75, 3.05) is 7.11 Å². The first-order chi connectivity index (χ1) is 9.60. The van der Waals surface area contributed by atoms with Crippen LogP contribution in [0.5, 0.6) is 5.75 Å². The van der Waals surface area contributed by atoms with Crippen molar-refractivity contribution in [1.29, 1.82) is 0 Å². The third-order valence-corrected chi connectivity index (χ3v) is 3.88. The van der Waals surface area contributed by atoms with Crippen LogP contribution >= 0.6 is 15.9 Å². The first-order valence-electron chi connectivity index (χ1n) is 6.72. The molecule has 1 N–H and O–H groups in total. The van der Waals surface area contributed by atoms with Crippen molar-refractivity contribution in [3.8, 4) is 5.75 Å². The van der Waals surface area contributed by atoms with E-state index in [2.05, 4.69) is 65.4 Å². The molecule has 0 radical (unpaired) electrons. The summed E-state index contributed by atoms with van der Waals surface area (Å²) in [7, 11) is 1.71. The Labute approximate surface area is 129 Å². The van der Waals surface area contributed by atoms with E-state index in [1.165, 1.54) is 16.7 Å². The summed E-state index contributed by atoms with van der Waals surface area (Å²) in [5, 5.41) is 3.54. The predicted molar refractivity (Wildman–Crippen MR) is 87.1 cm³/mol. The fraction of sp³-hybridized carbons (Fsp3) is 0.294. The molecule has 106 valence electrons. The van der Waals surface area contributed by atoms with Crippen LogP contribution in [-0.2, 0) is 6.54 Å². The van der Waals surface area contributed by atoms with Crippen LogP contribution < -0.4 is 10.1 Å². The van der Waals surface area contributed by atoms with Gasteiger partial charge in [0.2, 0.25) is 0 Å². The number of aryl methyl sites for hydroxylation is 1. The number of nitrogens with one attached hydrogen (secondary N) is 1. The molecule has 0 aliphatic carbocycles. The smallest absolute Gasteiger partial charge is 0.123 e. The van der Waals surface area contributed by atoms with Crippen LogP contribution in [0.3, 0.4) is 0 Å². The van der Waals surface area contributed by atoms with E-state index in [4.69, 9.17) is 4.74 Å². The molecule has 2 aromatic carbocycles. The molecule has 20 heavy (non-hydrogen) atoms. The van der Waals surface area contributed by atoms with Crippen molar-refractivity contribution in [2.45, 2.75) is 26.4 Å². The number of rotatable bonds is 5. The highest BCUT2D eigenvalue weighted by Crippen LogP contribution is 2.22. The molecule has 0 saturated carbocycles. The normalized spacial score (nSPS) is 12.2. The van der Waals surface area contributed by atoms with Crippen LogP contribution in [-0.4, -0.2) is 7.11 Å². The largest absolute Gasteiger partial charge is 0.496 e. The molecular formula is C17H20BrNO. The van der Waals surface area contributed by atoms with Crippen molar-refractivity contribution in [2.24, 2.45) is 0 Å². The van der Waals surface area contributed by atoms with E-state index in [0.717, 1.165) is 16.8 Å². The summed E-state index contributed by atoms with van der Waals surface area (Å²) < 4.78 is 6.52. The van der Waals surface area contributed by atoms with E-state index >= 15 is 0 Å². The van der Waals surface area contributed by atoms with E-state index in [1.54, 1.807) is 7.11 Å². The first kappa shape index (κ1) is 15.1. The van der Waals surface area contributed by atoms with E-state index in [0.29, 0.717) is 0 Å². The van der Waals surface area contributed by atoms with Gasteiger partial charge in [-0.3, -0.25) is 0 Å². The van der Waals surface area contributed by atoms with Gasteiger partial charge in [0, 0.05) is 22.6 Å². The summed E-state index contributed by atoms with van der Waals surface area (Å²) in [6.45, 7) is 5.06. The molecule has 0 aromatic heterocycles. The summed E-state index contributed by atoms with van der Waals surface area (Å²) in [6.07, 6.45) is 0. The minimum Gasteiger partial charge on any atom is -0.496 e. The molecule has 0 saturated heterocycles. The monoisotopic (exact) mass is 333 g/mol. The van der Waals surface area contributed by atoms with Gasteiger partial charge in [-0.05, 0) is 37.6 Å². The molecule has 0 spiro atoms. The maximum Gasteiger partial charge on any atom is 0.123 e. The Bertz CT molecular complexity index is 583. The van der Waals surface area contributed by atoms with Gasteiger partial charge in [0.05, 0.1) is 7.11 Å². The lowest BCUT2D eigenvalue weighted by atomic mass is 10.1. The number of benzene rings is 2. The average molecular weight is 334 g/mol. The van der Waals surface area contributed by atoms with Crippen molar-refractivity contribution >= 4 is 15.9 Å². The first-order valence-corrected chi connectivity index (χ1v) is 7.52. The third kappa shape index (κ3) is 3.84. The number of methoxy groups -OCH3 is 1. The van der Waals surface area contributed by atoms with E-state index < -0.39 is 0 Å². The van der Waals surface area contributed by atoms with Crippen LogP contribution in [0.25, 0.3) is 0 Å². The maximum absolute atomic E-state index is 5.41. The lowest BCUT2D eigenvalue weighted by Gasteiger charge is -2.16. The number of hydrogen-bond donors (Lipinski definition) is 1.